The van der Waals surface area contributed by atoms with Crippen molar-refractivity contribution in [2.45, 2.75) is 46.7 Å². The van der Waals surface area contributed by atoms with Gasteiger partial charge in [0.05, 0.1) is 13.1 Å². The molecule has 158 valence electrons. The minimum absolute atomic E-state index is 0. The third kappa shape index (κ3) is 8.34. The summed E-state index contributed by atoms with van der Waals surface area (Å²) in [6, 6.07) is 8.64. The molecule has 1 heterocycles. The summed E-state index contributed by atoms with van der Waals surface area (Å²) in [6.07, 6.45) is 2.23. The molecular formula is C21H36IN5O. The van der Waals surface area contributed by atoms with E-state index in [1.165, 1.54) is 11.1 Å². The molecule has 1 aromatic carbocycles. The van der Waals surface area contributed by atoms with Gasteiger partial charge < -0.3 is 15.5 Å². The molecule has 7 heteroatoms. The summed E-state index contributed by atoms with van der Waals surface area (Å²) in [5, 5.41) is 6.37. The van der Waals surface area contributed by atoms with Gasteiger partial charge in [-0.1, -0.05) is 38.1 Å². The summed E-state index contributed by atoms with van der Waals surface area (Å²) in [5.41, 5.74) is 2.49. The number of nitrogens with zero attached hydrogens (tertiary/aromatic N) is 3. The van der Waals surface area contributed by atoms with Gasteiger partial charge in [-0.05, 0) is 44.0 Å². The minimum Gasteiger partial charge on any atom is -0.357 e. The number of hydrogen-bond acceptors (Lipinski definition) is 3. The largest absolute Gasteiger partial charge is 0.357 e. The molecule has 0 radical (unpaired) electrons. The SMILES string of the molecule is CCNC(=NCc1ccc(CN(CC)CC)cc1)NCC(=O)N1CCCC1.I. The van der Waals surface area contributed by atoms with E-state index in [1.54, 1.807) is 0 Å². The Hall–Kier alpha value is -1.35. The molecule has 1 saturated heterocycles. The van der Waals surface area contributed by atoms with Gasteiger partial charge in [-0.15, -0.1) is 24.0 Å². The standard InChI is InChI=1S/C21H35N5O.HI/c1-4-22-21(24-16-20(27)26-13-7-8-14-26)23-15-18-9-11-19(12-10-18)17-25(5-2)6-3;/h9-12H,4-8,13-17H2,1-3H3,(H2,22,23,24);1H. The Morgan fingerprint density at radius 1 is 1.04 bits per heavy atom. The first-order valence-corrected chi connectivity index (χ1v) is 10.3. The van der Waals surface area contributed by atoms with Crippen LogP contribution in [0.1, 0.15) is 44.7 Å². The first-order valence-electron chi connectivity index (χ1n) is 10.3. The predicted molar refractivity (Wildman–Crippen MR) is 127 cm³/mol. The van der Waals surface area contributed by atoms with Gasteiger partial charge in [0.1, 0.15) is 0 Å². The van der Waals surface area contributed by atoms with Crippen molar-refractivity contribution in [3.63, 3.8) is 0 Å². The molecule has 1 aromatic rings. The fourth-order valence-electron chi connectivity index (χ4n) is 3.21. The molecule has 0 spiro atoms. The van der Waals surface area contributed by atoms with Gasteiger partial charge >= 0.3 is 0 Å². The van der Waals surface area contributed by atoms with Crippen LogP contribution in [0, 0.1) is 0 Å². The zero-order valence-electron chi connectivity index (χ0n) is 17.5. The molecule has 1 aliphatic rings. The van der Waals surface area contributed by atoms with Gasteiger partial charge in [0, 0.05) is 26.2 Å². The van der Waals surface area contributed by atoms with Crippen LogP contribution < -0.4 is 10.6 Å². The second-order valence-electron chi connectivity index (χ2n) is 6.91. The lowest BCUT2D eigenvalue weighted by Gasteiger charge is -2.18. The number of carbonyl (C=O) groups excluding carboxylic acids is 1. The van der Waals surface area contributed by atoms with E-state index in [2.05, 4.69) is 58.6 Å². The summed E-state index contributed by atoms with van der Waals surface area (Å²) < 4.78 is 0. The number of hydrogen-bond donors (Lipinski definition) is 2. The Labute approximate surface area is 187 Å². The van der Waals surface area contributed by atoms with Gasteiger partial charge in [-0.25, -0.2) is 4.99 Å². The van der Waals surface area contributed by atoms with Gasteiger partial charge in [0.15, 0.2) is 5.96 Å². The number of nitrogens with one attached hydrogen (secondary N) is 2. The molecule has 0 saturated carbocycles. The molecule has 2 rings (SSSR count). The van der Waals surface area contributed by atoms with E-state index in [0.29, 0.717) is 19.0 Å². The fourth-order valence-corrected chi connectivity index (χ4v) is 3.21. The first-order chi connectivity index (χ1) is 13.2. The second kappa shape index (κ2) is 13.8. The highest BCUT2D eigenvalue weighted by Crippen LogP contribution is 2.09. The lowest BCUT2D eigenvalue weighted by molar-refractivity contribution is -0.128. The zero-order valence-corrected chi connectivity index (χ0v) is 19.9. The molecule has 28 heavy (non-hydrogen) atoms. The normalized spacial score (nSPS) is 14.1. The Bertz CT molecular complexity index is 595. The predicted octanol–water partition coefficient (Wildman–Crippen LogP) is 2.82. The number of likely N-dealkylation sites (tertiary alicyclic amines) is 1. The van der Waals surface area contributed by atoms with Gasteiger partial charge in [-0.3, -0.25) is 9.69 Å². The third-order valence-corrected chi connectivity index (χ3v) is 4.95. The van der Waals surface area contributed by atoms with Crippen molar-refractivity contribution >= 4 is 35.8 Å². The molecule has 1 amide bonds. The quantitative estimate of drug-likeness (QED) is 0.311. The number of halogens is 1. The summed E-state index contributed by atoms with van der Waals surface area (Å²) in [7, 11) is 0. The van der Waals surface area contributed by atoms with E-state index >= 15 is 0 Å². The van der Waals surface area contributed by atoms with Crippen molar-refractivity contribution in [3.05, 3.63) is 35.4 Å². The highest BCUT2D eigenvalue weighted by molar-refractivity contribution is 14.0. The molecule has 6 nitrogen and oxygen atoms in total. The van der Waals surface area contributed by atoms with Crippen LogP contribution >= 0.6 is 24.0 Å². The van der Waals surface area contributed by atoms with Crippen molar-refractivity contribution in [1.82, 2.24) is 20.4 Å². The highest BCUT2D eigenvalue weighted by Gasteiger charge is 2.17. The molecule has 1 fully saturated rings. The minimum atomic E-state index is 0. The molecule has 0 atom stereocenters. The van der Waals surface area contributed by atoms with Crippen LogP contribution in [-0.4, -0.2) is 60.9 Å². The summed E-state index contributed by atoms with van der Waals surface area (Å²) in [5.74, 6) is 0.844. The molecule has 0 aromatic heterocycles. The average molecular weight is 501 g/mol. The van der Waals surface area contributed by atoms with Crippen molar-refractivity contribution in [2.24, 2.45) is 4.99 Å². The van der Waals surface area contributed by atoms with Crippen LogP contribution in [0.15, 0.2) is 29.3 Å². The number of aliphatic imine (C=N–C) groups is 1. The lowest BCUT2D eigenvalue weighted by atomic mass is 10.1. The van der Waals surface area contributed by atoms with Gasteiger partial charge in [-0.2, -0.15) is 0 Å². The summed E-state index contributed by atoms with van der Waals surface area (Å²) in [4.78, 5) is 21.1. The molecule has 1 aliphatic heterocycles. The summed E-state index contributed by atoms with van der Waals surface area (Å²) in [6.45, 7) is 13.0. The Morgan fingerprint density at radius 3 is 2.21 bits per heavy atom. The monoisotopic (exact) mass is 501 g/mol. The molecular weight excluding hydrogens is 465 g/mol. The Morgan fingerprint density at radius 2 is 1.64 bits per heavy atom. The van der Waals surface area contributed by atoms with Gasteiger partial charge in [0.2, 0.25) is 5.91 Å². The van der Waals surface area contributed by atoms with Crippen molar-refractivity contribution in [2.75, 3.05) is 39.3 Å². The van der Waals surface area contributed by atoms with Crippen LogP contribution in [0.4, 0.5) is 0 Å². The molecule has 0 bridgehead atoms. The van der Waals surface area contributed by atoms with Gasteiger partial charge in [0.25, 0.3) is 0 Å². The average Bonchev–Trinajstić information content (AvgIpc) is 3.24. The van der Waals surface area contributed by atoms with E-state index in [0.717, 1.165) is 52.1 Å². The van der Waals surface area contributed by atoms with E-state index in [1.807, 2.05) is 11.8 Å². The third-order valence-electron chi connectivity index (χ3n) is 4.95. The van der Waals surface area contributed by atoms with Crippen LogP contribution in [-0.2, 0) is 17.9 Å². The van der Waals surface area contributed by atoms with Crippen molar-refractivity contribution < 1.29 is 4.79 Å². The van der Waals surface area contributed by atoms with Crippen LogP contribution in [0.2, 0.25) is 0 Å². The highest BCUT2D eigenvalue weighted by atomic mass is 127. The van der Waals surface area contributed by atoms with E-state index in [-0.39, 0.29) is 29.9 Å². The smallest absolute Gasteiger partial charge is 0.241 e. The Balaban J connectivity index is 0.00000392. The van der Waals surface area contributed by atoms with E-state index in [9.17, 15) is 4.79 Å². The first kappa shape index (κ1) is 24.7. The number of benzene rings is 1. The summed E-state index contributed by atoms with van der Waals surface area (Å²) >= 11 is 0. The maximum absolute atomic E-state index is 12.2. The van der Waals surface area contributed by atoms with Crippen molar-refractivity contribution in [1.29, 1.82) is 0 Å². The van der Waals surface area contributed by atoms with Crippen LogP contribution in [0.5, 0.6) is 0 Å². The molecule has 2 N–H and O–H groups in total. The molecule has 0 aliphatic carbocycles. The topological polar surface area (TPSA) is 60.0 Å². The Kier molecular flexibility index (Phi) is 12.1. The fraction of sp³-hybridized carbons (Fsp3) is 0.619. The number of carbonyl (C=O) groups is 1. The number of amides is 1. The zero-order chi connectivity index (χ0) is 19.5. The number of rotatable bonds is 9. The second-order valence-corrected chi connectivity index (χ2v) is 6.91. The van der Waals surface area contributed by atoms with Crippen LogP contribution in [0.3, 0.4) is 0 Å². The maximum Gasteiger partial charge on any atom is 0.241 e. The van der Waals surface area contributed by atoms with Crippen molar-refractivity contribution in [3.8, 4) is 0 Å². The van der Waals surface area contributed by atoms with E-state index in [4.69, 9.17) is 0 Å². The molecule has 0 unspecified atom stereocenters. The van der Waals surface area contributed by atoms with E-state index < -0.39 is 0 Å². The maximum atomic E-state index is 12.2. The number of guanidine groups is 1. The lowest BCUT2D eigenvalue weighted by Crippen LogP contribution is -2.44. The van der Waals surface area contributed by atoms with Crippen LogP contribution in [0.25, 0.3) is 0 Å².